The number of aliphatic hydroxyl groups excluding tert-OH is 1. The molecule has 0 unspecified atom stereocenters. The first-order valence-electron chi connectivity index (χ1n) is 13.8. The molecule has 0 saturated heterocycles. The largest absolute Gasteiger partial charge is 0.465 e. The molecule has 232 valence electrons. The summed E-state index contributed by atoms with van der Waals surface area (Å²) in [4.78, 5) is 43.4. The second-order valence-electron chi connectivity index (χ2n) is 11.1. The van der Waals surface area contributed by atoms with Gasteiger partial charge in [0, 0.05) is 37.9 Å². The van der Waals surface area contributed by atoms with Gasteiger partial charge in [-0.2, -0.15) is 0 Å². The molecule has 3 amide bonds. The van der Waals surface area contributed by atoms with Crippen molar-refractivity contribution in [3.05, 3.63) is 77.8 Å². The standard InChI is InChI=1S/C30H38F2N6O5/c1-30(2,3)26(38(25(40)18-39)14-11-23(36-29(42)43)28(41)34-13-12-33)27-35-24(21-15-20(31)9-10-22(21)32)17-37(27)16-19-7-5-4-6-8-19/h4-10,15,17,23,26,36,39H,11-14,16,18,33H2,1-3H3,(H,34,41)(H,42,43)/t23-,26-/m0/s1. The summed E-state index contributed by atoms with van der Waals surface area (Å²) in [5.41, 5.74) is 5.67. The van der Waals surface area contributed by atoms with Gasteiger partial charge in [-0.05, 0) is 35.6 Å². The minimum Gasteiger partial charge on any atom is -0.465 e. The number of nitrogens with two attached hydrogens (primary N) is 1. The molecule has 0 spiro atoms. The monoisotopic (exact) mass is 600 g/mol. The molecular weight excluding hydrogens is 562 g/mol. The molecule has 0 aliphatic rings. The van der Waals surface area contributed by atoms with E-state index in [0.29, 0.717) is 5.82 Å². The number of amides is 3. The first-order valence-corrected chi connectivity index (χ1v) is 13.8. The van der Waals surface area contributed by atoms with Gasteiger partial charge in [0.05, 0.1) is 11.7 Å². The van der Waals surface area contributed by atoms with Crippen molar-refractivity contribution in [1.82, 2.24) is 25.1 Å². The summed E-state index contributed by atoms with van der Waals surface area (Å²) in [6.45, 7) is 5.07. The summed E-state index contributed by atoms with van der Waals surface area (Å²) in [6.07, 6.45) is 0.0157. The molecule has 2 atom stereocenters. The van der Waals surface area contributed by atoms with Crippen molar-refractivity contribution >= 4 is 17.9 Å². The lowest BCUT2D eigenvalue weighted by Crippen LogP contribution is -2.50. The minimum absolute atomic E-state index is 0.0666. The van der Waals surface area contributed by atoms with Gasteiger partial charge in [0.1, 0.15) is 30.1 Å². The summed E-state index contributed by atoms with van der Waals surface area (Å²) in [7, 11) is 0. The van der Waals surface area contributed by atoms with Crippen LogP contribution in [-0.4, -0.2) is 74.9 Å². The van der Waals surface area contributed by atoms with Crippen LogP contribution < -0.4 is 16.4 Å². The number of aliphatic hydroxyl groups is 1. The van der Waals surface area contributed by atoms with E-state index in [1.807, 2.05) is 51.1 Å². The highest BCUT2D eigenvalue weighted by Gasteiger charge is 2.39. The summed E-state index contributed by atoms with van der Waals surface area (Å²) in [6, 6.07) is 10.3. The summed E-state index contributed by atoms with van der Waals surface area (Å²) >= 11 is 0. The van der Waals surface area contributed by atoms with E-state index >= 15 is 0 Å². The molecular formula is C30H38F2N6O5. The maximum absolute atomic E-state index is 14.9. The molecule has 1 heterocycles. The zero-order valence-corrected chi connectivity index (χ0v) is 24.4. The average Bonchev–Trinajstić information content (AvgIpc) is 3.35. The average molecular weight is 601 g/mol. The molecule has 0 aliphatic heterocycles. The molecule has 2 aromatic carbocycles. The Kier molecular flexibility index (Phi) is 11.3. The molecule has 3 rings (SSSR count). The lowest BCUT2D eigenvalue weighted by molar-refractivity contribution is -0.140. The molecule has 0 aliphatic carbocycles. The third kappa shape index (κ3) is 8.82. The molecule has 0 bridgehead atoms. The van der Waals surface area contributed by atoms with E-state index in [1.165, 1.54) is 4.90 Å². The predicted molar refractivity (Wildman–Crippen MR) is 156 cm³/mol. The van der Waals surface area contributed by atoms with Gasteiger partial charge in [0.2, 0.25) is 11.8 Å². The number of hydrogen-bond acceptors (Lipinski definition) is 6. The van der Waals surface area contributed by atoms with Gasteiger partial charge in [-0.15, -0.1) is 0 Å². The van der Waals surface area contributed by atoms with Gasteiger partial charge < -0.3 is 36.0 Å². The molecule has 11 nitrogen and oxygen atoms in total. The van der Waals surface area contributed by atoms with Crippen molar-refractivity contribution in [2.24, 2.45) is 11.1 Å². The van der Waals surface area contributed by atoms with Crippen LogP contribution in [0.1, 0.15) is 44.6 Å². The van der Waals surface area contributed by atoms with Gasteiger partial charge >= 0.3 is 6.09 Å². The number of aromatic nitrogens is 2. The van der Waals surface area contributed by atoms with Crippen LogP contribution >= 0.6 is 0 Å². The highest BCUT2D eigenvalue weighted by molar-refractivity contribution is 5.85. The van der Waals surface area contributed by atoms with E-state index in [2.05, 4.69) is 10.6 Å². The topological polar surface area (TPSA) is 163 Å². The number of imidazole rings is 1. The van der Waals surface area contributed by atoms with E-state index in [9.17, 15) is 33.4 Å². The zero-order valence-electron chi connectivity index (χ0n) is 24.4. The number of hydrogen-bond donors (Lipinski definition) is 5. The Bertz CT molecular complexity index is 1410. The van der Waals surface area contributed by atoms with Crippen LogP contribution in [0.15, 0.2) is 54.7 Å². The van der Waals surface area contributed by atoms with Crippen LogP contribution in [0.4, 0.5) is 13.6 Å². The van der Waals surface area contributed by atoms with Crippen LogP contribution in [0, 0.1) is 17.0 Å². The maximum Gasteiger partial charge on any atom is 0.405 e. The Balaban J connectivity index is 2.13. The minimum atomic E-state index is -1.43. The highest BCUT2D eigenvalue weighted by atomic mass is 19.1. The first kappa shape index (κ1) is 33.1. The smallest absolute Gasteiger partial charge is 0.405 e. The predicted octanol–water partition coefficient (Wildman–Crippen LogP) is 2.89. The van der Waals surface area contributed by atoms with Crippen molar-refractivity contribution in [3.63, 3.8) is 0 Å². The molecule has 0 saturated carbocycles. The third-order valence-corrected chi connectivity index (χ3v) is 6.76. The van der Waals surface area contributed by atoms with Crippen LogP contribution in [0.25, 0.3) is 11.3 Å². The Morgan fingerprint density at radius 3 is 2.42 bits per heavy atom. The van der Waals surface area contributed by atoms with Crippen LogP contribution in [0.3, 0.4) is 0 Å². The van der Waals surface area contributed by atoms with E-state index < -0.39 is 53.6 Å². The lowest BCUT2D eigenvalue weighted by atomic mass is 9.84. The number of nitrogens with one attached hydrogen (secondary N) is 2. The van der Waals surface area contributed by atoms with Gasteiger partial charge in [-0.1, -0.05) is 51.1 Å². The van der Waals surface area contributed by atoms with Crippen LogP contribution in [0.5, 0.6) is 0 Å². The van der Waals surface area contributed by atoms with Gasteiger partial charge in [-0.3, -0.25) is 9.59 Å². The lowest BCUT2D eigenvalue weighted by Gasteiger charge is -2.40. The Morgan fingerprint density at radius 2 is 1.81 bits per heavy atom. The zero-order chi connectivity index (χ0) is 31.7. The Morgan fingerprint density at radius 1 is 1.12 bits per heavy atom. The number of carbonyl (C=O) groups excluding carboxylic acids is 2. The van der Waals surface area contributed by atoms with E-state index in [-0.39, 0.29) is 43.9 Å². The molecule has 13 heteroatoms. The van der Waals surface area contributed by atoms with Gasteiger partial charge in [0.15, 0.2) is 0 Å². The summed E-state index contributed by atoms with van der Waals surface area (Å²) in [5.74, 6) is -2.31. The molecule has 1 aromatic heterocycles. The number of rotatable bonds is 13. The normalized spacial score (nSPS) is 12.8. The molecule has 43 heavy (non-hydrogen) atoms. The van der Waals surface area contributed by atoms with Crippen molar-refractivity contribution in [2.75, 3.05) is 26.2 Å². The van der Waals surface area contributed by atoms with Crippen molar-refractivity contribution in [2.45, 2.75) is 45.8 Å². The fourth-order valence-corrected chi connectivity index (χ4v) is 4.87. The Hall–Kier alpha value is -4.36. The summed E-state index contributed by atoms with van der Waals surface area (Å²) < 4.78 is 30.8. The maximum atomic E-state index is 14.9. The van der Waals surface area contributed by atoms with Crippen molar-refractivity contribution in [1.29, 1.82) is 0 Å². The highest BCUT2D eigenvalue weighted by Crippen LogP contribution is 2.39. The van der Waals surface area contributed by atoms with Gasteiger partial charge in [-0.25, -0.2) is 18.6 Å². The quantitative estimate of drug-likeness (QED) is 0.201. The number of nitrogens with zero attached hydrogens (tertiary/aromatic N) is 3. The number of halogens is 2. The number of benzene rings is 2. The second kappa shape index (κ2) is 14.7. The second-order valence-corrected chi connectivity index (χ2v) is 11.1. The van der Waals surface area contributed by atoms with E-state index in [0.717, 1.165) is 23.8 Å². The number of carboxylic acid groups (broad SMARTS) is 1. The van der Waals surface area contributed by atoms with Crippen molar-refractivity contribution < 1.29 is 33.4 Å². The van der Waals surface area contributed by atoms with Crippen LogP contribution in [0.2, 0.25) is 0 Å². The third-order valence-electron chi connectivity index (χ3n) is 6.76. The van der Waals surface area contributed by atoms with Crippen LogP contribution in [-0.2, 0) is 16.1 Å². The molecule has 0 radical (unpaired) electrons. The molecule has 6 N–H and O–H groups in total. The Labute approximate surface area is 248 Å². The molecule has 3 aromatic rings. The van der Waals surface area contributed by atoms with Gasteiger partial charge in [0.25, 0.3) is 0 Å². The SMILES string of the molecule is CC(C)(C)[C@H](c1nc(-c2cc(F)ccc2F)cn1Cc1ccccc1)N(CC[C@H](NC(=O)O)C(=O)NCCN)C(=O)CO. The molecule has 0 fully saturated rings. The fraction of sp³-hybridized carbons (Fsp3) is 0.400. The number of carbonyl (C=O) groups is 3. The first-order chi connectivity index (χ1) is 20.3. The summed E-state index contributed by atoms with van der Waals surface area (Å²) in [5, 5.41) is 24.0. The fourth-order valence-electron chi connectivity index (χ4n) is 4.87. The van der Waals surface area contributed by atoms with Crippen molar-refractivity contribution in [3.8, 4) is 11.3 Å². The van der Waals surface area contributed by atoms with E-state index in [1.54, 1.807) is 10.8 Å². The van der Waals surface area contributed by atoms with E-state index in [4.69, 9.17) is 10.7 Å².